The predicted molar refractivity (Wildman–Crippen MR) is 50.9 cm³/mol. The minimum Gasteiger partial charge on any atom is -0.146 e. The van der Waals surface area contributed by atoms with Crippen molar-refractivity contribution in [2.45, 2.75) is 24.3 Å². The monoisotopic (exact) mass is 164 g/mol. The van der Waals surface area contributed by atoms with Gasteiger partial charge >= 0.3 is 0 Å². The van der Waals surface area contributed by atoms with Gasteiger partial charge in [0.25, 0.3) is 0 Å². The van der Waals surface area contributed by atoms with Gasteiger partial charge in [0.15, 0.2) is 0 Å². The van der Waals surface area contributed by atoms with E-state index < -0.39 is 0 Å². The quantitative estimate of drug-likeness (QED) is 0.565. The number of thioether (sulfide) groups is 1. The Labute approximate surface area is 72.0 Å². The molecule has 1 aliphatic rings. The average Bonchev–Trinajstić information content (AvgIpc) is 2.30. The fourth-order valence-corrected chi connectivity index (χ4v) is 3.04. The number of fused-ring (bicyclic) bond motifs is 1. The molecule has 1 aromatic rings. The molecule has 0 bridgehead atoms. The van der Waals surface area contributed by atoms with Crippen LogP contribution in [0.1, 0.15) is 35.5 Å². The highest BCUT2D eigenvalue weighted by molar-refractivity contribution is 8.00. The topological polar surface area (TPSA) is 0 Å². The summed E-state index contributed by atoms with van der Waals surface area (Å²) in [5.41, 5.74) is 3.06. The zero-order chi connectivity index (χ0) is 7.84. The van der Waals surface area contributed by atoms with E-state index in [9.17, 15) is 0 Å². The zero-order valence-electron chi connectivity index (χ0n) is 6.87. The maximum absolute atomic E-state index is 2.28. The van der Waals surface area contributed by atoms with Crippen molar-refractivity contribution in [1.29, 1.82) is 0 Å². The lowest BCUT2D eigenvalue weighted by Gasteiger charge is -2.00. The van der Waals surface area contributed by atoms with Crippen LogP contribution in [0.25, 0.3) is 0 Å². The molecule has 2 unspecified atom stereocenters. The van der Waals surface area contributed by atoms with Crippen molar-refractivity contribution in [2.24, 2.45) is 0 Å². The molecule has 1 aliphatic heterocycles. The van der Waals surface area contributed by atoms with Crippen LogP contribution in [0.15, 0.2) is 24.3 Å². The molecule has 1 aromatic carbocycles. The first-order chi connectivity index (χ1) is 5.29. The first-order valence-electron chi connectivity index (χ1n) is 4.03. The number of hydrogen-bond acceptors (Lipinski definition) is 1. The third-order valence-corrected chi connectivity index (χ3v) is 3.60. The summed E-state index contributed by atoms with van der Waals surface area (Å²) in [5.74, 6) is 0. The van der Waals surface area contributed by atoms with Gasteiger partial charge in [-0.3, -0.25) is 0 Å². The first-order valence-corrected chi connectivity index (χ1v) is 4.97. The zero-order valence-corrected chi connectivity index (χ0v) is 7.69. The molecule has 0 aromatic heterocycles. The second-order valence-electron chi connectivity index (χ2n) is 3.05. The Kier molecular flexibility index (Phi) is 1.68. The van der Waals surface area contributed by atoms with Gasteiger partial charge in [-0.2, -0.15) is 0 Å². The van der Waals surface area contributed by atoms with E-state index in [0.29, 0.717) is 10.5 Å². The van der Waals surface area contributed by atoms with E-state index in [-0.39, 0.29) is 0 Å². The molecule has 1 heterocycles. The summed E-state index contributed by atoms with van der Waals surface area (Å²) in [4.78, 5) is 0. The van der Waals surface area contributed by atoms with Crippen molar-refractivity contribution in [2.75, 3.05) is 0 Å². The summed E-state index contributed by atoms with van der Waals surface area (Å²) in [5, 5.41) is 1.39. The highest BCUT2D eigenvalue weighted by Crippen LogP contribution is 2.49. The molecule has 0 amide bonds. The van der Waals surface area contributed by atoms with Gasteiger partial charge in [0, 0.05) is 10.5 Å². The van der Waals surface area contributed by atoms with Gasteiger partial charge in [-0.1, -0.05) is 24.3 Å². The second-order valence-corrected chi connectivity index (χ2v) is 4.74. The smallest absolute Gasteiger partial charge is 0.0278 e. The minimum atomic E-state index is 0.696. The van der Waals surface area contributed by atoms with Crippen LogP contribution in [0.4, 0.5) is 0 Å². The lowest BCUT2D eigenvalue weighted by atomic mass is 10.0. The van der Waals surface area contributed by atoms with Crippen LogP contribution in [-0.4, -0.2) is 0 Å². The Bertz CT molecular complexity index is 240. The molecule has 0 spiro atoms. The molecule has 0 aliphatic carbocycles. The summed E-state index contributed by atoms with van der Waals surface area (Å²) in [6.07, 6.45) is 0. The van der Waals surface area contributed by atoms with E-state index in [1.807, 2.05) is 11.8 Å². The molecule has 0 nitrogen and oxygen atoms in total. The first kappa shape index (κ1) is 7.23. The summed E-state index contributed by atoms with van der Waals surface area (Å²) in [6, 6.07) is 8.76. The lowest BCUT2D eigenvalue weighted by Crippen LogP contribution is -1.84. The lowest BCUT2D eigenvalue weighted by molar-refractivity contribution is 1.08. The minimum absolute atomic E-state index is 0.696. The molecule has 0 fully saturated rings. The van der Waals surface area contributed by atoms with Crippen molar-refractivity contribution >= 4 is 11.8 Å². The van der Waals surface area contributed by atoms with E-state index >= 15 is 0 Å². The average molecular weight is 164 g/mol. The van der Waals surface area contributed by atoms with Crippen LogP contribution in [0.2, 0.25) is 0 Å². The standard InChI is InChI=1S/C10H12S/c1-7-9-5-3-4-6-10(9)8(2)11-7/h3-8H,1-2H3. The molecule has 11 heavy (non-hydrogen) atoms. The van der Waals surface area contributed by atoms with Crippen LogP contribution in [0.5, 0.6) is 0 Å². The molecular formula is C10H12S. The molecule has 0 saturated carbocycles. The van der Waals surface area contributed by atoms with Gasteiger partial charge < -0.3 is 0 Å². The molecule has 2 atom stereocenters. The van der Waals surface area contributed by atoms with Crippen LogP contribution in [-0.2, 0) is 0 Å². The Balaban J connectivity index is 2.52. The Hall–Kier alpha value is -0.430. The molecule has 0 radical (unpaired) electrons. The van der Waals surface area contributed by atoms with Gasteiger partial charge in [0.1, 0.15) is 0 Å². The summed E-state index contributed by atoms with van der Waals surface area (Å²) in [6.45, 7) is 4.57. The van der Waals surface area contributed by atoms with Gasteiger partial charge in [0.2, 0.25) is 0 Å². The van der Waals surface area contributed by atoms with Gasteiger partial charge in [0.05, 0.1) is 0 Å². The van der Waals surface area contributed by atoms with Crippen LogP contribution in [0, 0.1) is 0 Å². The fraction of sp³-hybridized carbons (Fsp3) is 0.400. The largest absolute Gasteiger partial charge is 0.146 e. The highest BCUT2D eigenvalue weighted by atomic mass is 32.2. The molecule has 0 saturated heterocycles. The SMILES string of the molecule is CC1SC(C)c2ccccc21. The maximum Gasteiger partial charge on any atom is 0.0278 e. The number of hydrogen-bond donors (Lipinski definition) is 0. The fourth-order valence-electron chi connectivity index (χ4n) is 1.70. The maximum atomic E-state index is 2.28. The molecule has 0 N–H and O–H groups in total. The van der Waals surface area contributed by atoms with Gasteiger partial charge in [-0.25, -0.2) is 0 Å². The van der Waals surface area contributed by atoms with Crippen LogP contribution < -0.4 is 0 Å². The van der Waals surface area contributed by atoms with Gasteiger partial charge in [-0.05, 0) is 25.0 Å². The second kappa shape index (κ2) is 2.56. The van der Waals surface area contributed by atoms with Crippen molar-refractivity contribution in [3.8, 4) is 0 Å². The van der Waals surface area contributed by atoms with Crippen molar-refractivity contribution < 1.29 is 0 Å². The summed E-state index contributed by atoms with van der Waals surface area (Å²) >= 11 is 2.05. The van der Waals surface area contributed by atoms with Crippen molar-refractivity contribution in [3.05, 3.63) is 35.4 Å². The Morgan fingerprint density at radius 2 is 1.45 bits per heavy atom. The normalized spacial score (nSPS) is 28.5. The third-order valence-electron chi connectivity index (χ3n) is 2.28. The van der Waals surface area contributed by atoms with E-state index in [0.717, 1.165) is 0 Å². The van der Waals surface area contributed by atoms with E-state index in [4.69, 9.17) is 0 Å². The Morgan fingerprint density at radius 1 is 1.00 bits per heavy atom. The molecule has 2 rings (SSSR count). The summed E-state index contributed by atoms with van der Waals surface area (Å²) < 4.78 is 0. The highest BCUT2D eigenvalue weighted by Gasteiger charge is 2.24. The van der Waals surface area contributed by atoms with E-state index in [2.05, 4.69) is 38.1 Å². The van der Waals surface area contributed by atoms with Crippen LogP contribution >= 0.6 is 11.8 Å². The van der Waals surface area contributed by atoms with E-state index in [1.165, 1.54) is 11.1 Å². The molecule has 1 heteroatoms. The summed E-state index contributed by atoms with van der Waals surface area (Å²) in [7, 11) is 0. The van der Waals surface area contributed by atoms with E-state index in [1.54, 1.807) is 0 Å². The van der Waals surface area contributed by atoms with Crippen LogP contribution in [0.3, 0.4) is 0 Å². The molecule has 58 valence electrons. The Morgan fingerprint density at radius 3 is 1.91 bits per heavy atom. The number of rotatable bonds is 0. The molecular weight excluding hydrogens is 152 g/mol. The van der Waals surface area contributed by atoms with Crippen molar-refractivity contribution in [3.63, 3.8) is 0 Å². The third kappa shape index (κ3) is 1.08. The number of benzene rings is 1. The van der Waals surface area contributed by atoms with Gasteiger partial charge in [-0.15, -0.1) is 11.8 Å². The van der Waals surface area contributed by atoms with Crippen molar-refractivity contribution in [1.82, 2.24) is 0 Å². The predicted octanol–water partition coefficient (Wildman–Crippen LogP) is 3.56.